The Morgan fingerprint density at radius 3 is 3.05 bits per heavy atom. The molecule has 1 N–H and O–H groups in total. The summed E-state index contributed by atoms with van der Waals surface area (Å²) in [6.45, 7) is 0.764. The maximum Gasteiger partial charge on any atom is 0.279 e. The Kier molecular flexibility index (Phi) is 2.24. The summed E-state index contributed by atoms with van der Waals surface area (Å²) in [6.07, 6.45) is 4.06. The number of para-hydroxylation sites is 1. The molecule has 0 radical (unpaired) electrons. The van der Waals surface area contributed by atoms with E-state index in [1.807, 2.05) is 23.1 Å². The zero-order chi connectivity index (χ0) is 12.8. The molecule has 19 heavy (non-hydrogen) atoms. The second-order valence-electron chi connectivity index (χ2n) is 5.22. The Balaban J connectivity index is 1.72. The molecule has 1 amide bonds. The second-order valence-corrected chi connectivity index (χ2v) is 5.22. The number of fused-ring (bicyclic) bond motifs is 2. The number of aromatic amines is 1. The van der Waals surface area contributed by atoms with E-state index in [1.165, 1.54) is 5.56 Å². The smallest absolute Gasteiger partial charge is 0.279 e. The normalized spacial score (nSPS) is 16.5. The predicted molar refractivity (Wildman–Crippen MR) is 72.4 cm³/mol. The fourth-order valence-electron chi connectivity index (χ4n) is 3.17. The van der Waals surface area contributed by atoms with Crippen LogP contribution in [0.2, 0.25) is 0 Å². The first kappa shape index (κ1) is 10.8. The number of nitrogens with zero attached hydrogens (tertiary/aromatic N) is 2. The van der Waals surface area contributed by atoms with Crippen LogP contribution in [0.25, 0.3) is 0 Å². The van der Waals surface area contributed by atoms with Crippen molar-refractivity contribution in [3.05, 3.63) is 46.8 Å². The van der Waals surface area contributed by atoms with E-state index >= 15 is 0 Å². The molecule has 0 spiro atoms. The molecular formula is C15H15N3O. The number of carbonyl (C=O) groups excluding carboxylic acids is 1. The number of amides is 1. The van der Waals surface area contributed by atoms with E-state index in [1.54, 1.807) is 0 Å². The van der Waals surface area contributed by atoms with Gasteiger partial charge in [-0.05, 0) is 37.3 Å². The average molecular weight is 253 g/mol. The summed E-state index contributed by atoms with van der Waals surface area (Å²) in [6, 6.07) is 8.13. The van der Waals surface area contributed by atoms with Crippen molar-refractivity contribution in [2.45, 2.75) is 25.7 Å². The van der Waals surface area contributed by atoms with E-state index in [-0.39, 0.29) is 5.91 Å². The van der Waals surface area contributed by atoms with Gasteiger partial charge in [0.15, 0.2) is 5.69 Å². The topological polar surface area (TPSA) is 49.0 Å². The summed E-state index contributed by atoms with van der Waals surface area (Å²) in [5.74, 6) is 0.0457. The minimum Gasteiger partial charge on any atom is -0.306 e. The average Bonchev–Trinajstić information content (AvgIpc) is 3.12. The fourth-order valence-corrected chi connectivity index (χ4v) is 3.17. The number of H-pyrrole nitrogens is 1. The van der Waals surface area contributed by atoms with Crippen LogP contribution in [0.15, 0.2) is 24.3 Å². The quantitative estimate of drug-likeness (QED) is 0.846. The maximum atomic E-state index is 12.7. The van der Waals surface area contributed by atoms with Crippen molar-refractivity contribution in [1.29, 1.82) is 0 Å². The number of benzene rings is 1. The van der Waals surface area contributed by atoms with Gasteiger partial charge in [-0.1, -0.05) is 18.2 Å². The molecule has 2 heterocycles. The largest absolute Gasteiger partial charge is 0.306 e. The van der Waals surface area contributed by atoms with E-state index in [4.69, 9.17) is 0 Å². The molecule has 0 fully saturated rings. The molecule has 1 aromatic heterocycles. The summed E-state index contributed by atoms with van der Waals surface area (Å²) in [5.41, 5.74) is 5.21. The molecule has 0 unspecified atom stereocenters. The van der Waals surface area contributed by atoms with Crippen LogP contribution in [0.5, 0.6) is 0 Å². The van der Waals surface area contributed by atoms with Gasteiger partial charge in [0.2, 0.25) is 0 Å². The van der Waals surface area contributed by atoms with Gasteiger partial charge in [-0.25, -0.2) is 0 Å². The number of hydrogen-bond donors (Lipinski definition) is 1. The first-order valence-electron chi connectivity index (χ1n) is 6.80. The van der Waals surface area contributed by atoms with Crippen molar-refractivity contribution in [3.8, 4) is 0 Å². The highest BCUT2D eigenvalue weighted by Gasteiger charge is 2.30. The summed E-state index contributed by atoms with van der Waals surface area (Å²) in [5, 5.41) is 7.26. The molecule has 0 saturated heterocycles. The molecule has 96 valence electrons. The first-order chi connectivity index (χ1) is 9.34. The third-order valence-electron chi connectivity index (χ3n) is 4.14. The summed E-state index contributed by atoms with van der Waals surface area (Å²) in [7, 11) is 0. The molecule has 4 rings (SSSR count). The van der Waals surface area contributed by atoms with Crippen LogP contribution in [-0.4, -0.2) is 22.6 Å². The van der Waals surface area contributed by atoms with Crippen LogP contribution in [0.1, 0.15) is 33.7 Å². The minimum absolute atomic E-state index is 0.0457. The van der Waals surface area contributed by atoms with Crippen LogP contribution in [0.4, 0.5) is 5.69 Å². The minimum atomic E-state index is 0.0457. The Bertz CT molecular complexity index is 659. The number of aromatic nitrogens is 2. The molecule has 4 nitrogen and oxygen atoms in total. The first-order valence-corrected chi connectivity index (χ1v) is 6.80. The molecule has 0 atom stereocenters. The van der Waals surface area contributed by atoms with E-state index in [0.717, 1.165) is 49.2 Å². The summed E-state index contributed by atoms with van der Waals surface area (Å²) in [4.78, 5) is 14.5. The number of carbonyl (C=O) groups is 1. The SMILES string of the molecule is O=C(c1n[nH]c2c1CCC2)N1CCc2ccccc21. The standard InChI is InChI=1S/C15H15N3O/c19-15(14-11-5-3-6-12(11)16-17-14)18-9-8-10-4-1-2-7-13(10)18/h1-2,4,7H,3,5-6,8-9H2,(H,16,17). The van der Waals surface area contributed by atoms with Crippen LogP contribution in [0.3, 0.4) is 0 Å². The molecule has 0 saturated carbocycles. The lowest BCUT2D eigenvalue weighted by molar-refractivity contribution is 0.0983. The molecule has 1 aromatic carbocycles. The van der Waals surface area contributed by atoms with Crippen molar-refractivity contribution in [2.75, 3.05) is 11.4 Å². The van der Waals surface area contributed by atoms with E-state index in [9.17, 15) is 4.79 Å². The number of anilines is 1. The van der Waals surface area contributed by atoms with Crippen molar-refractivity contribution in [3.63, 3.8) is 0 Å². The van der Waals surface area contributed by atoms with Gasteiger partial charge in [0.1, 0.15) is 0 Å². The van der Waals surface area contributed by atoms with Crippen LogP contribution in [-0.2, 0) is 19.3 Å². The zero-order valence-electron chi connectivity index (χ0n) is 10.6. The van der Waals surface area contributed by atoms with Crippen molar-refractivity contribution in [1.82, 2.24) is 10.2 Å². The highest BCUT2D eigenvalue weighted by Crippen LogP contribution is 2.30. The molecular weight excluding hydrogens is 238 g/mol. The van der Waals surface area contributed by atoms with Gasteiger partial charge < -0.3 is 4.90 Å². The van der Waals surface area contributed by atoms with Crippen molar-refractivity contribution < 1.29 is 4.79 Å². The fraction of sp³-hybridized carbons (Fsp3) is 0.333. The van der Waals surface area contributed by atoms with Gasteiger partial charge in [0, 0.05) is 23.5 Å². The van der Waals surface area contributed by atoms with Gasteiger partial charge in [-0.3, -0.25) is 9.89 Å². The molecule has 0 bridgehead atoms. The highest BCUT2D eigenvalue weighted by molar-refractivity contribution is 6.07. The monoisotopic (exact) mass is 253 g/mol. The van der Waals surface area contributed by atoms with Gasteiger partial charge in [0.25, 0.3) is 5.91 Å². The molecule has 2 aliphatic rings. The third-order valence-corrected chi connectivity index (χ3v) is 4.14. The molecule has 2 aromatic rings. The molecule has 4 heteroatoms. The van der Waals surface area contributed by atoms with E-state index in [2.05, 4.69) is 16.3 Å². The Morgan fingerprint density at radius 2 is 2.11 bits per heavy atom. The lowest BCUT2D eigenvalue weighted by Gasteiger charge is -2.16. The van der Waals surface area contributed by atoms with Crippen molar-refractivity contribution in [2.24, 2.45) is 0 Å². The third kappa shape index (κ3) is 1.52. The molecule has 1 aliphatic heterocycles. The van der Waals surface area contributed by atoms with Gasteiger partial charge in [-0.2, -0.15) is 5.10 Å². The number of nitrogens with one attached hydrogen (secondary N) is 1. The Hall–Kier alpha value is -2.10. The van der Waals surface area contributed by atoms with E-state index in [0.29, 0.717) is 5.69 Å². The maximum absolute atomic E-state index is 12.7. The molecule has 1 aliphatic carbocycles. The van der Waals surface area contributed by atoms with Crippen LogP contribution < -0.4 is 4.90 Å². The van der Waals surface area contributed by atoms with E-state index < -0.39 is 0 Å². The summed E-state index contributed by atoms with van der Waals surface area (Å²) >= 11 is 0. The number of aryl methyl sites for hydroxylation is 1. The lowest BCUT2D eigenvalue weighted by Crippen LogP contribution is -2.29. The van der Waals surface area contributed by atoms with Gasteiger partial charge in [0.05, 0.1) is 0 Å². The predicted octanol–water partition coefficient (Wildman–Crippen LogP) is 2.10. The van der Waals surface area contributed by atoms with Crippen LogP contribution in [0, 0.1) is 0 Å². The zero-order valence-corrected chi connectivity index (χ0v) is 10.6. The van der Waals surface area contributed by atoms with Gasteiger partial charge in [-0.15, -0.1) is 0 Å². The van der Waals surface area contributed by atoms with Crippen molar-refractivity contribution >= 4 is 11.6 Å². The number of rotatable bonds is 1. The Labute approximate surface area is 111 Å². The second kappa shape index (κ2) is 3.95. The summed E-state index contributed by atoms with van der Waals surface area (Å²) < 4.78 is 0. The Morgan fingerprint density at radius 1 is 1.21 bits per heavy atom. The van der Waals surface area contributed by atoms with Crippen LogP contribution >= 0.6 is 0 Å². The lowest BCUT2D eigenvalue weighted by atomic mass is 10.1. The number of hydrogen-bond acceptors (Lipinski definition) is 2. The van der Waals surface area contributed by atoms with Gasteiger partial charge >= 0.3 is 0 Å². The highest BCUT2D eigenvalue weighted by atomic mass is 16.2.